The van der Waals surface area contributed by atoms with Crippen molar-refractivity contribution in [3.63, 3.8) is 0 Å². The third-order valence-electron chi connectivity index (χ3n) is 7.23. The zero-order valence-corrected chi connectivity index (χ0v) is 25.5. The lowest BCUT2D eigenvalue weighted by Gasteiger charge is -2.21. The molecule has 0 spiro atoms. The fraction of sp³-hybridized carbons (Fsp3) is 0.333. The standard InChI is InChI=1S/C20H18O8.C13H18F2N2O/c1-11-3-7-13(8-4-11)19(25)27-15(17(21)22)16(18(23)24)28-20(26)14-9-5-12(2)6-10-14;1-18-5-4-17-7-10(13(16)8-17)9-2-3-11(14)12(15)6-9/h3-10,15-16H,1-2H3,(H,21,22)(H,23,24);2-3,6,10,13H,4-5,7-8,16H2,1H3/t;10-,13+/m.0/s1. The third-order valence-corrected chi connectivity index (χ3v) is 7.23. The molecule has 3 aromatic carbocycles. The van der Waals surface area contributed by atoms with Crippen molar-refractivity contribution in [1.29, 1.82) is 0 Å². The Labute approximate surface area is 264 Å². The van der Waals surface area contributed by atoms with E-state index in [1.54, 1.807) is 51.3 Å². The lowest BCUT2D eigenvalue weighted by Crippen LogP contribution is -2.45. The second-order valence-corrected chi connectivity index (χ2v) is 10.8. The molecule has 11 nitrogen and oxygen atoms in total. The minimum atomic E-state index is -2.22. The first-order valence-corrected chi connectivity index (χ1v) is 14.2. The van der Waals surface area contributed by atoms with Crippen LogP contribution in [0.3, 0.4) is 0 Å². The van der Waals surface area contributed by atoms with Crippen molar-refractivity contribution in [2.24, 2.45) is 5.73 Å². The zero-order valence-electron chi connectivity index (χ0n) is 25.5. The van der Waals surface area contributed by atoms with E-state index in [9.17, 15) is 38.2 Å². The molecule has 0 amide bonds. The van der Waals surface area contributed by atoms with E-state index >= 15 is 0 Å². The molecule has 2 unspecified atom stereocenters. The number of halogens is 2. The number of methoxy groups -OCH3 is 1. The average molecular weight is 643 g/mol. The number of rotatable bonds is 11. The number of carbonyl (C=O) groups is 4. The Balaban J connectivity index is 0.000000275. The summed E-state index contributed by atoms with van der Waals surface area (Å²) >= 11 is 0. The van der Waals surface area contributed by atoms with Crippen LogP contribution in [0, 0.1) is 25.5 Å². The van der Waals surface area contributed by atoms with Gasteiger partial charge in [0, 0.05) is 38.7 Å². The van der Waals surface area contributed by atoms with Crippen molar-refractivity contribution in [3.8, 4) is 0 Å². The van der Waals surface area contributed by atoms with Crippen LogP contribution >= 0.6 is 0 Å². The maximum absolute atomic E-state index is 13.2. The van der Waals surface area contributed by atoms with E-state index in [1.807, 2.05) is 0 Å². The molecule has 1 heterocycles. The predicted octanol–water partition coefficient (Wildman–Crippen LogP) is 3.56. The van der Waals surface area contributed by atoms with Gasteiger partial charge in [-0.15, -0.1) is 0 Å². The molecular formula is C33H36F2N2O9. The summed E-state index contributed by atoms with van der Waals surface area (Å²) in [5.41, 5.74) is 8.62. The molecule has 1 saturated heterocycles. The van der Waals surface area contributed by atoms with E-state index < -0.39 is 47.7 Å². The Hall–Kier alpha value is -4.72. The van der Waals surface area contributed by atoms with E-state index in [-0.39, 0.29) is 23.1 Å². The molecule has 3 aromatic rings. The lowest BCUT2D eigenvalue weighted by molar-refractivity contribution is -0.166. The number of carboxylic acids is 2. The average Bonchev–Trinajstić information content (AvgIpc) is 3.39. The number of esters is 2. The molecule has 4 rings (SSSR count). The maximum Gasteiger partial charge on any atom is 0.349 e. The molecule has 1 fully saturated rings. The highest BCUT2D eigenvalue weighted by molar-refractivity contribution is 5.95. The first kappa shape index (κ1) is 35.8. The number of nitrogens with two attached hydrogens (primary N) is 1. The van der Waals surface area contributed by atoms with Gasteiger partial charge in [-0.05, 0) is 55.8 Å². The normalized spacial score (nSPS) is 17.3. The first-order valence-electron chi connectivity index (χ1n) is 14.2. The molecule has 13 heteroatoms. The molecule has 0 saturated carbocycles. The number of nitrogens with zero attached hydrogens (tertiary/aromatic N) is 1. The quantitative estimate of drug-likeness (QED) is 0.262. The highest BCUT2D eigenvalue weighted by Crippen LogP contribution is 2.27. The van der Waals surface area contributed by atoms with Crippen LogP contribution in [0.25, 0.3) is 0 Å². The van der Waals surface area contributed by atoms with Crippen LogP contribution in [0.2, 0.25) is 0 Å². The Morgan fingerprint density at radius 2 is 1.28 bits per heavy atom. The lowest BCUT2D eigenvalue weighted by atomic mass is 9.95. The van der Waals surface area contributed by atoms with Crippen LogP contribution in [0.15, 0.2) is 66.7 Å². The van der Waals surface area contributed by atoms with Crippen molar-refractivity contribution >= 4 is 23.9 Å². The summed E-state index contributed by atoms with van der Waals surface area (Å²) in [6.45, 7) is 6.56. The molecule has 1 aliphatic rings. The van der Waals surface area contributed by atoms with Crippen molar-refractivity contribution in [2.45, 2.75) is 38.0 Å². The first-order chi connectivity index (χ1) is 21.8. The van der Waals surface area contributed by atoms with Crippen LogP contribution in [0.5, 0.6) is 0 Å². The molecule has 0 aliphatic carbocycles. The van der Waals surface area contributed by atoms with Crippen LogP contribution in [-0.4, -0.2) is 90.6 Å². The molecule has 0 bridgehead atoms. The topological polar surface area (TPSA) is 166 Å². The SMILES string of the molecule is COCCN1C[C@@H](N)[C@H](c2ccc(F)c(F)c2)C1.Cc1ccc(C(=O)OC(C(=O)O)C(OC(=O)c2ccc(C)cc2)C(=O)O)cc1. The van der Waals surface area contributed by atoms with Crippen molar-refractivity contribution in [2.75, 3.05) is 33.4 Å². The highest BCUT2D eigenvalue weighted by Gasteiger charge is 2.41. The number of hydrogen-bond donors (Lipinski definition) is 3. The minimum Gasteiger partial charge on any atom is -0.478 e. The van der Waals surface area contributed by atoms with Gasteiger partial charge < -0.3 is 30.2 Å². The van der Waals surface area contributed by atoms with E-state index in [1.165, 1.54) is 30.3 Å². The monoisotopic (exact) mass is 642 g/mol. The van der Waals surface area contributed by atoms with Crippen LogP contribution in [-0.2, 0) is 23.8 Å². The molecule has 246 valence electrons. The summed E-state index contributed by atoms with van der Waals surface area (Å²) in [5.74, 6) is -7.20. The van der Waals surface area contributed by atoms with Crippen molar-refractivity contribution < 1.29 is 52.4 Å². The second kappa shape index (κ2) is 16.5. The molecule has 46 heavy (non-hydrogen) atoms. The summed E-state index contributed by atoms with van der Waals surface area (Å²) in [4.78, 5) is 49.5. The number of ether oxygens (including phenoxy) is 3. The predicted molar refractivity (Wildman–Crippen MR) is 161 cm³/mol. The Kier molecular flexibility index (Phi) is 12.9. The molecule has 0 radical (unpaired) electrons. The number of carbonyl (C=O) groups excluding carboxylic acids is 2. The third kappa shape index (κ3) is 9.89. The fourth-order valence-electron chi connectivity index (χ4n) is 4.64. The highest BCUT2D eigenvalue weighted by atomic mass is 19.2. The van der Waals surface area contributed by atoms with Gasteiger partial charge >= 0.3 is 23.9 Å². The van der Waals surface area contributed by atoms with E-state index in [0.717, 1.165) is 42.4 Å². The zero-order chi connectivity index (χ0) is 34.0. The largest absolute Gasteiger partial charge is 0.478 e. The number of aryl methyl sites for hydroxylation is 2. The van der Waals surface area contributed by atoms with Gasteiger partial charge in [0.2, 0.25) is 12.2 Å². The van der Waals surface area contributed by atoms with E-state index in [4.69, 9.17) is 19.9 Å². The van der Waals surface area contributed by atoms with Crippen LogP contribution < -0.4 is 5.73 Å². The molecule has 1 aliphatic heterocycles. The molecular weight excluding hydrogens is 606 g/mol. The smallest absolute Gasteiger partial charge is 0.349 e. The second-order valence-electron chi connectivity index (χ2n) is 10.8. The van der Waals surface area contributed by atoms with Crippen molar-refractivity contribution in [3.05, 3.63) is 106 Å². The van der Waals surface area contributed by atoms with Crippen molar-refractivity contribution in [1.82, 2.24) is 4.90 Å². The maximum atomic E-state index is 13.2. The minimum absolute atomic E-state index is 0.0332. The Morgan fingerprint density at radius 1 is 0.804 bits per heavy atom. The van der Waals surface area contributed by atoms with E-state index in [0.29, 0.717) is 6.61 Å². The van der Waals surface area contributed by atoms with Gasteiger partial charge in [0.05, 0.1) is 17.7 Å². The Bertz CT molecular complexity index is 1440. The summed E-state index contributed by atoms with van der Waals surface area (Å²) < 4.78 is 40.8. The van der Waals surface area contributed by atoms with Gasteiger partial charge in [0.1, 0.15) is 0 Å². The van der Waals surface area contributed by atoms with Gasteiger partial charge in [-0.2, -0.15) is 0 Å². The summed E-state index contributed by atoms with van der Waals surface area (Å²) in [6.07, 6.45) is -4.44. The Morgan fingerprint density at radius 3 is 1.70 bits per heavy atom. The number of hydrogen-bond acceptors (Lipinski definition) is 9. The van der Waals surface area contributed by atoms with Gasteiger partial charge in [-0.25, -0.2) is 28.0 Å². The van der Waals surface area contributed by atoms with Gasteiger partial charge in [0.15, 0.2) is 11.6 Å². The van der Waals surface area contributed by atoms with Gasteiger partial charge in [-0.3, -0.25) is 4.90 Å². The fourth-order valence-corrected chi connectivity index (χ4v) is 4.64. The van der Waals surface area contributed by atoms with Gasteiger partial charge in [0.25, 0.3) is 0 Å². The molecule has 4 atom stereocenters. The number of aliphatic carboxylic acids is 2. The summed E-state index contributed by atoms with van der Waals surface area (Å²) in [7, 11) is 1.66. The molecule has 4 N–H and O–H groups in total. The molecule has 0 aromatic heterocycles. The summed E-state index contributed by atoms with van der Waals surface area (Å²) in [6, 6.07) is 16.0. The van der Waals surface area contributed by atoms with Crippen LogP contribution in [0.4, 0.5) is 8.78 Å². The summed E-state index contributed by atoms with van der Waals surface area (Å²) in [5, 5.41) is 18.6. The van der Waals surface area contributed by atoms with Crippen LogP contribution in [0.1, 0.15) is 43.3 Å². The number of benzene rings is 3. The number of carboxylic acid groups (broad SMARTS) is 2. The van der Waals surface area contributed by atoms with E-state index in [2.05, 4.69) is 4.90 Å². The van der Waals surface area contributed by atoms with Gasteiger partial charge in [-0.1, -0.05) is 41.5 Å². The number of likely N-dealkylation sites (tertiary alicyclic amines) is 1.